The Hall–Kier alpha value is -3.48. The zero-order valence-electron chi connectivity index (χ0n) is 17.8. The third-order valence-electron chi connectivity index (χ3n) is 6.02. The summed E-state index contributed by atoms with van der Waals surface area (Å²) in [5.41, 5.74) is 1.89. The maximum absolute atomic E-state index is 12.5. The van der Waals surface area contributed by atoms with Crippen molar-refractivity contribution < 1.29 is 9.84 Å². The predicted octanol–water partition coefficient (Wildman–Crippen LogP) is 3.75. The van der Waals surface area contributed by atoms with Gasteiger partial charge in [-0.25, -0.2) is 4.68 Å². The standard InChI is InChI=1S/C26H26N4O2/c31-26(21-9-3-1-4-10-21,22-11-5-2-6-12-22)25(15-16-29-17-19-32-20-18-29)30-24-14-8-7-13-23(24)27-28-30/h1-16,25,31H,17-20H2. The lowest BCUT2D eigenvalue weighted by molar-refractivity contribution is 0.0353. The lowest BCUT2D eigenvalue weighted by Gasteiger charge is -2.36. The van der Waals surface area contributed by atoms with Gasteiger partial charge in [-0.2, -0.15) is 0 Å². The van der Waals surface area contributed by atoms with E-state index in [9.17, 15) is 5.11 Å². The second-order valence-electron chi connectivity index (χ2n) is 7.96. The van der Waals surface area contributed by atoms with Gasteiger partial charge in [0.05, 0.1) is 18.7 Å². The van der Waals surface area contributed by atoms with Gasteiger partial charge in [0.25, 0.3) is 0 Å². The van der Waals surface area contributed by atoms with Gasteiger partial charge in [-0.1, -0.05) is 78.0 Å². The van der Waals surface area contributed by atoms with Gasteiger partial charge in [-0.15, -0.1) is 5.10 Å². The highest BCUT2D eigenvalue weighted by molar-refractivity contribution is 5.74. The number of hydrogen-bond donors (Lipinski definition) is 1. The Kier molecular flexibility index (Phi) is 5.71. The van der Waals surface area contributed by atoms with Crippen molar-refractivity contribution in [3.05, 3.63) is 108 Å². The quantitative estimate of drug-likeness (QED) is 0.509. The van der Waals surface area contributed by atoms with Crippen LogP contribution in [0.5, 0.6) is 0 Å². The minimum Gasteiger partial charge on any atom is -0.378 e. The van der Waals surface area contributed by atoms with Crippen molar-refractivity contribution in [2.45, 2.75) is 11.6 Å². The molecule has 6 heteroatoms. The molecule has 6 nitrogen and oxygen atoms in total. The van der Waals surface area contributed by atoms with E-state index in [1.807, 2.05) is 95.7 Å². The fourth-order valence-corrected chi connectivity index (χ4v) is 4.31. The first-order valence-electron chi connectivity index (χ1n) is 10.9. The molecular weight excluding hydrogens is 400 g/mol. The number of benzene rings is 3. The van der Waals surface area contributed by atoms with Gasteiger partial charge in [-0.3, -0.25) is 0 Å². The molecule has 1 saturated heterocycles. The number of nitrogens with zero attached hydrogens (tertiary/aromatic N) is 4. The second kappa shape index (κ2) is 8.94. The Morgan fingerprint density at radius 3 is 2.09 bits per heavy atom. The van der Waals surface area contributed by atoms with Crippen LogP contribution in [0.25, 0.3) is 11.0 Å². The summed E-state index contributed by atoms with van der Waals surface area (Å²) < 4.78 is 7.32. The number of rotatable bonds is 6. The zero-order valence-corrected chi connectivity index (χ0v) is 17.8. The van der Waals surface area contributed by atoms with Crippen LogP contribution in [-0.4, -0.2) is 51.3 Å². The molecule has 4 aromatic rings. The van der Waals surface area contributed by atoms with E-state index in [4.69, 9.17) is 4.74 Å². The van der Waals surface area contributed by atoms with Crippen molar-refractivity contribution in [1.82, 2.24) is 19.9 Å². The summed E-state index contributed by atoms with van der Waals surface area (Å²) in [6.07, 6.45) is 4.09. The van der Waals surface area contributed by atoms with Crippen LogP contribution >= 0.6 is 0 Å². The van der Waals surface area contributed by atoms with Gasteiger partial charge in [0.15, 0.2) is 0 Å². The molecule has 0 spiro atoms. The molecule has 1 aromatic heterocycles. The number of morpholine rings is 1. The molecule has 1 N–H and O–H groups in total. The van der Waals surface area contributed by atoms with Crippen molar-refractivity contribution in [3.63, 3.8) is 0 Å². The highest BCUT2D eigenvalue weighted by Gasteiger charge is 2.41. The van der Waals surface area contributed by atoms with Gasteiger partial charge in [0.2, 0.25) is 0 Å². The van der Waals surface area contributed by atoms with E-state index in [0.717, 1.165) is 35.2 Å². The largest absolute Gasteiger partial charge is 0.378 e. The molecule has 1 atom stereocenters. The lowest BCUT2D eigenvalue weighted by atomic mass is 9.80. The van der Waals surface area contributed by atoms with Crippen LogP contribution in [0.2, 0.25) is 0 Å². The Morgan fingerprint density at radius 1 is 0.844 bits per heavy atom. The Balaban J connectivity index is 1.70. The molecule has 5 rings (SSSR count). The fourth-order valence-electron chi connectivity index (χ4n) is 4.31. The summed E-state index contributed by atoms with van der Waals surface area (Å²) >= 11 is 0. The van der Waals surface area contributed by atoms with Crippen LogP contribution in [0.3, 0.4) is 0 Å². The molecular formula is C26H26N4O2. The van der Waals surface area contributed by atoms with Crippen molar-refractivity contribution in [2.75, 3.05) is 26.3 Å². The van der Waals surface area contributed by atoms with E-state index in [0.29, 0.717) is 13.2 Å². The Labute approximate surface area is 187 Å². The third-order valence-corrected chi connectivity index (χ3v) is 6.02. The van der Waals surface area contributed by atoms with Crippen molar-refractivity contribution >= 4 is 11.0 Å². The number of aromatic nitrogens is 3. The average Bonchev–Trinajstić information content (AvgIpc) is 3.29. The number of para-hydroxylation sites is 1. The first-order valence-corrected chi connectivity index (χ1v) is 10.9. The topological polar surface area (TPSA) is 63.4 Å². The van der Waals surface area contributed by atoms with Gasteiger partial charge in [0, 0.05) is 13.1 Å². The summed E-state index contributed by atoms with van der Waals surface area (Å²) in [5.74, 6) is 0. The molecule has 0 radical (unpaired) electrons. The van der Waals surface area contributed by atoms with E-state index in [1.165, 1.54) is 0 Å². The highest BCUT2D eigenvalue weighted by atomic mass is 16.5. The number of aliphatic hydroxyl groups is 1. The first-order chi connectivity index (χ1) is 15.8. The van der Waals surface area contributed by atoms with Crippen molar-refractivity contribution in [3.8, 4) is 0 Å². The Morgan fingerprint density at radius 2 is 1.44 bits per heavy atom. The van der Waals surface area contributed by atoms with Crippen LogP contribution in [0.15, 0.2) is 97.2 Å². The summed E-state index contributed by atoms with van der Waals surface area (Å²) in [4.78, 5) is 2.21. The molecule has 32 heavy (non-hydrogen) atoms. The molecule has 1 aliphatic heterocycles. The maximum Gasteiger partial charge on any atom is 0.141 e. The van der Waals surface area contributed by atoms with Crippen molar-refractivity contribution in [1.29, 1.82) is 0 Å². The van der Waals surface area contributed by atoms with Crippen molar-refractivity contribution in [2.24, 2.45) is 0 Å². The van der Waals surface area contributed by atoms with E-state index in [2.05, 4.69) is 21.4 Å². The SMILES string of the molecule is OC(c1ccccc1)(c1ccccc1)C(C=CN1CCOCC1)n1nnc2ccccc21. The van der Waals surface area contributed by atoms with Crippen LogP contribution in [0, 0.1) is 0 Å². The molecule has 0 bridgehead atoms. The smallest absolute Gasteiger partial charge is 0.141 e. The van der Waals surface area contributed by atoms with E-state index < -0.39 is 11.6 Å². The van der Waals surface area contributed by atoms with Crippen LogP contribution in [-0.2, 0) is 10.3 Å². The highest BCUT2D eigenvalue weighted by Crippen LogP contribution is 2.41. The number of hydrogen-bond acceptors (Lipinski definition) is 5. The molecule has 1 aliphatic rings. The first kappa shape index (κ1) is 20.4. The van der Waals surface area contributed by atoms with E-state index in [-0.39, 0.29) is 0 Å². The normalized spacial score (nSPS) is 16.0. The summed E-state index contributed by atoms with van der Waals surface area (Å²) in [7, 11) is 0. The van der Waals surface area contributed by atoms with E-state index in [1.54, 1.807) is 0 Å². The molecule has 0 saturated carbocycles. The monoisotopic (exact) mass is 426 g/mol. The number of ether oxygens (including phenoxy) is 1. The Bertz CT molecular complexity index is 1140. The van der Waals surface area contributed by atoms with E-state index >= 15 is 0 Å². The zero-order chi connectivity index (χ0) is 21.8. The minimum absolute atomic E-state index is 0.525. The number of fused-ring (bicyclic) bond motifs is 1. The van der Waals surface area contributed by atoms with Crippen LogP contribution in [0.1, 0.15) is 17.2 Å². The molecule has 0 aliphatic carbocycles. The summed E-state index contributed by atoms with van der Waals surface area (Å²) in [5, 5.41) is 21.3. The predicted molar refractivity (Wildman–Crippen MR) is 124 cm³/mol. The molecule has 1 fully saturated rings. The molecule has 0 amide bonds. The molecule has 2 heterocycles. The van der Waals surface area contributed by atoms with Gasteiger partial charge < -0.3 is 14.7 Å². The van der Waals surface area contributed by atoms with Crippen LogP contribution in [0.4, 0.5) is 0 Å². The van der Waals surface area contributed by atoms with Gasteiger partial charge >= 0.3 is 0 Å². The minimum atomic E-state index is -1.36. The maximum atomic E-state index is 12.5. The second-order valence-corrected chi connectivity index (χ2v) is 7.96. The van der Waals surface area contributed by atoms with Crippen LogP contribution < -0.4 is 0 Å². The third kappa shape index (κ3) is 3.79. The summed E-state index contributed by atoms with van der Waals surface area (Å²) in [6.45, 7) is 3.03. The van der Waals surface area contributed by atoms with Gasteiger partial charge in [-0.05, 0) is 35.5 Å². The molecule has 3 aromatic carbocycles. The fraction of sp³-hybridized carbons (Fsp3) is 0.231. The molecule has 1 unspecified atom stereocenters. The molecule has 162 valence electrons. The lowest BCUT2D eigenvalue weighted by Crippen LogP contribution is -2.38. The average molecular weight is 427 g/mol. The summed E-state index contributed by atoms with van der Waals surface area (Å²) in [6, 6.07) is 26.9. The van der Waals surface area contributed by atoms with Gasteiger partial charge in [0.1, 0.15) is 17.2 Å².